The van der Waals surface area contributed by atoms with Gasteiger partial charge in [0, 0.05) is 24.2 Å². The SMILES string of the molecule is CCCSc1ncc(CC(C)N)cn1. The van der Waals surface area contributed by atoms with E-state index in [1.165, 1.54) is 0 Å². The van der Waals surface area contributed by atoms with Crippen molar-refractivity contribution in [3.8, 4) is 0 Å². The molecule has 0 aromatic carbocycles. The van der Waals surface area contributed by atoms with Crippen LogP contribution in [0.1, 0.15) is 25.8 Å². The van der Waals surface area contributed by atoms with Crippen LogP contribution in [0.5, 0.6) is 0 Å². The predicted molar refractivity (Wildman–Crippen MR) is 60.4 cm³/mol. The van der Waals surface area contributed by atoms with E-state index in [4.69, 9.17) is 5.73 Å². The van der Waals surface area contributed by atoms with E-state index in [1.807, 2.05) is 19.3 Å². The Balaban J connectivity index is 2.50. The number of hydrogen-bond acceptors (Lipinski definition) is 4. The third kappa shape index (κ3) is 4.07. The summed E-state index contributed by atoms with van der Waals surface area (Å²) in [6.45, 7) is 4.14. The second-order valence-corrected chi connectivity index (χ2v) is 4.47. The molecule has 1 unspecified atom stereocenters. The van der Waals surface area contributed by atoms with Crippen molar-refractivity contribution in [1.29, 1.82) is 0 Å². The highest BCUT2D eigenvalue weighted by Gasteiger charge is 2.00. The lowest BCUT2D eigenvalue weighted by atomic mass is 10.1. The molecule has 0 aliphatic carbocycles. The van der Waals surface area contributed by atoms with Gasteiger partial charge < -0.3 is 5.73 Å². The van der Waals surface area contributed by atoms with Crippen LogP contribution in [0.2, 0.25) is 0 Å². The minimum absolute atomic E-state index is 0.174. The van der Waals surface area contributed by atoms with E-state index in [1.54, 1.807) is 11.8 Å². The highest BCUT2D eigenvalue weighted by Crippen LogP contribution is 2.13. The molecule has 0 fully saturated rings. The average Bonchev–Trinajstić information content (AvgIpc) is 2.16. The lowest BCUT2D eigenvalue weighted by molar-refractivity contribution is 0.727. The molecule has 1 heterocycles. The normalized spacial score (nSPS) is 12.8. The van der Waals surface area contributed by atoms with Crippen molar-refractivity contribution in [2.75, 3.05) is 5.75 Å². The molecule has 3 nitrogen and oxygen atoms in total. The van der Waals surface area contributed by atoms with Crippen LogP contribution < -0.4 is 5.73 Å². The molecular weight excluding hydrogens is 194 g/mol. The van der Waals surface area contributed by atoms with Crippen molar-refractivity contribution in [1.82, 2.24) is 9.97 Å². The Labute approximate surface area is 89.5 Å². The smallest absolute Gasteiger partial charge is 0.187 e. The molecule has 0 saturated carbocycles. The third-order valence-corrected chi connectivity index (χ3v) is 2.76. The van der Waals surface area contributed by atoms with Crippen molar-refractivity contribution in [3.05, 3.63) is 18.0 Å². The Hall–Kier alpha value is -0.610. The van der Waals surface area contributed by atoms with Crippen molar-refractivity contribution in [3.63, 3.8) is 0 Å². The topological polar surface area (TPSA) is 51.8 Å². The van der Waals surface area contributed by atoms with Gasteiger partial charge in [-0.15, -0.1) is 0 Å². The summed E-state index contributed by atoms with van der Waals surface area (Å²) in [6, 6.07) is 0.174. The number of thioether (sulfide) groups is 1. The lowest BCUT2D eigenvalue weighted by Gasteiger charge is -2.04. The molecule has 1 rings (SSSR count). The van der Waals surface area contributed by atoms with E-state index >= 15 is 0 Å². The Morgan fingerprint density at radius 2 is 2.07 bits per heavy atom. The van der Waals surface area contributed by atoms with Crippen LogP contribution in [-0.4, -0.2) is 21.8 Å². The summed E-state index contributed by atoms with van der Waals surface area (Å²) in [5.74, 6) is 1.08. The second kappa shape index (κ2) is 5.98. The standard InChI is InChI=1S/C10H17N3S/c1-3-4-14-10-12-6-9(7-13-10)5-8(2)11/h6-8H,3-5,11H2,1-2H3. The van der Waals surface area contributed by atoms with Gasteiger partial charge in [0.05, 0.1) is 0 Å². The molecule has 4 heteroatoms. The summed E-state index contributed by atoms with van der Waals surface area (Å²) in [7, 11) is 0. The quantitative estimate of drug-likeness (QED) is 0.596. The highest BCUT2D eigenvalue weighted by molar-refractivity contribution is 7.99. The molecule has 1 aromatic rings. The van der Waals surface area contributed by atoms with Gasteiger partial charge in [0.2, 0.25) is 0 Å². The summed E-state index contributed by atoms with van der Waals surface area (Å²) >= 11 is 1.69. The van der Waals surface area contributed by atoms with Gasteiger partial charge >= 0.3 is 0 Å². The van der Waals surface area contributed by atoms with Crippen LogP contribution in [0.4, 0.5) is 0 Å². The number of hydrogen-bond donors (Lipinski definition) is 1. The summed E-state index contributed by atoms with van der Waals surface area (Å²) < 4.78 is 0. The molecule has 14 heavy (non-hydrogen) atoms. The Morgan fingerprint density at radius 1 is 1.43 bits per heavy atom. The monoisotopic (exact) mass is 211 g/mol. The second-order valence-electron chi connectivity index (χ2n) is 3.40. The molecular formula is C10H17N3S. The fourth-order valence-electron chi connectivity index (χ4n) is 1.09. The first kappa shape index (κ1) is 11.5. The van der Waals surface area contributed by atoms with Gasteiger partial charge in [-0.2, -0.15) is 0 Å². The van der Waals surface area contributed by atoms with Crippen LogP contribution in [-0.2, 0) is 6.42 Å². The summed E-state index contributed by atoms with van der Waals surface area (Å²) in [6.07, 6.45) is 5.73. The maximum absolute atomic E-state index is 5.68. The van der Waals surface area contributed by atoms with Crippen LogP contribution >= 0.6 is 11.8 Å². The van der Waals surface area contributed by atoms with Crippen LogP contribution in [0.25, 0.3) is 0 Å². The zero-order valence-electron chi connectivity index (χ0n) is 8.73. The fraction of sp³-hybridized carbons (Fsp3) is 0.600. The van der Waals surface area contributed by atoms with Gasteiger partial charge in [-0.1, -0.05) is 18.7 Å². The molecule has 0 bridgehead atoms. The van der Waals surface area contributed by atoms with E-state index in [-0.39, 0.29) is 6.04 Å². The molecule has 78 valence electrons. The van der Waals surface area contributed by atoms with E-state index in [9.17, 15) is 0 Å². The van der Waals surface area contributed by atoms with Crippen LogP contribution in [0, 0.1) is 0 Å². The van der Waals surface area contributed by atoms with Crippen molar-refractivity contribution < 1.29 is 0 Å². The minimum Gasteiger partial charge on any atom is -0.328 e. The van der Waals surface area contributed by atoms with Gasteiger partial charge in [-0.3, -0.25) is 0 Å². The maximum atomic E-state index is 5.68. The van der Waals surface area contributed by atoms with Gasteiger partial charge in [0.15, 0.2) is 5.16 Å². The number of aromatic nitrogens is 2. The first-order valence-electron chi connectivity index (χ1n) is 4.91. The molecule has 0 aliphatic rings. The Morgan fingerprint density at radius 3 is 2.57 bits per heavy atom. The molecule has 0 saturated heterocycles. The first-order valence-corrected chi connectivity index (χ1v) is 5.90. The van der Waals surface area contributed by atoms with Crippen molar-refractivity contribution >= 4 is 11.8 Å². The summed E-state index contributed by atoms with van der Waals surface area (Å²) in [5.41, 5.74) is 6.79. The number of nitrogens with zero attached hydrogens (tertiary/aromatic N) is 2. The van der Waals surface area contributed by atoms with Gasteiger partial charge in [0.25, 0.3) is 0 Å². The number of nitrogens with two attached hydrogens (primary N) is 1. The van der Waals surface area contributed by atoms with Crippen LogP contribution in [0.15, 0.2) is 17.6 Å². The number of rotatable bonds is 5. The molecule has 1 atom stereocenters. The maximum Gasteiger partial charge on any atom is 0.187 e. The molecule has 0 spiro atoms. The van der Waals surface area contributed by atoms with Gasteiger partial charge in [0.1, 0.15) is 0 Å². The highest BCUT2D eigenvalue weighted by atomic mass is 32.2. The summed E-state index contributed by atoms with van der Waals surface area (Å²) in [5, 5.41) is 0.861. The zero-order valence-corrected chi connectivity index (χ0v) is 9.55. The van der Waals surface area contributed by atoms with E-state index in [0.717, 1.165) is 29.3 Å². The lowest BCUT2D eigenvalue weighted by Crippen LogP contribution is -2.17. The molecule has 2 N–H and O–H groups in total. The third-order valence-electron chi connectivity index (χ3n) is 1.67. The van der Waals surface area contributed by atoms with Crippen molar-refractivity contribution in [2.24, 2.45) is 5.73 Å². The van der Waals surface area contributed by atoms with Crippen molar-refractivity contribution in [2.45, 2.75) is 37.9 Å². The van der Waals surface area contributed by atoms with E-state index in [2.05, 4.69) is 16.9 Å². The predicted octanol–water partition coefficient (Wildman–Crippen LogP) is 1.87. The van der Waals surface area contributed by atoms with E-state index in [0.29, 0.717) is 0 Å². The molecule has 0 radical (unpaired) electrons. The largest absolute Gasteiger partial charge is 0.328 e. The average molecular weight is 211 g/mol. The summed E-state index contributed by atoms with van der Waals surface area (Å²) in [4.78, 5) is 8.53. The Bertz CT molecular complexity index is 259. The van der Waals surface area contributed by atoms with Crippen LogP contribution in [0.3, 0.4) is 0 Å². The molecule has 0 aliphatic heterocycles. The fourth-order valence-corrected chi connectivity index (χ4v) is 1.73. The van der Waals surface area contributed by atoms with Gasteiger partial charge in [-0.05, 0) is 25.3 Å². The Kier molecular flexibility index (Phi) is 4.90. The minimum atomic E-state index is 0.174. The zero-order chi connectivity index (χ0) is 10.4. The molecule has 1 aromatic heterocycles. The van der Waals surface area contributed by atoms with Gasteiger partial charge in [-0.25, -0.2) is 9.97 Å². The molecule has 0 amide bonds. The first-order chi connectivity index (χ1) is 6.72. The van der Waals surface area contributed by atoms with E-state index < -0.39 is 0 Å².